The number of aryl methyl sites for hydroxylation is 1. The molecule has 2 N–H and O–H groups in total. The van der Waals surface area contributed by atoms with Crippen molar-refractivity contribution in [2.24, 2.45) is 10.9 Å². The fraction of sp³-hybridized carbons (Fsp3) is 0.812. The SMILES string of the molecule is CCNC(=NCc1nnc2n1CCCC2)NCC(CC)CC. The number of nitrogens with one attached hydrogen (secondary N) is 2. The van der Waals surface area contributed by atoms with Gasteiger partial charge >= 0.3 is 0 Å². The topological polar surface area (TPSA) is 67.1 Å². The van der Waals surface area contributed by atoms with Crippen LogP contribution in [0.5, 0.6) is 0 Å². The Labute approximate surface area is 133 Å². The Bertz CT molecular complexity index is 475. The molecule has 0 atom stereocenters. The number of aliphatic imine (C=N–C) groups is 1. The molecule has 0 fully saturated rings. The summed E-state index contributed by atoms with van der Waals surface area (Å²) < 4.78 is 2.23. The van der Waals surface area contributed by atoms with Crippen LogP contribution >= 0.6 is 0 Å². The van der Waals surface area contributed by atoms with E-state index in [2.05, 4.69) is 51.2 Å². The number of rotatable bonds is 7. The zero-order chi connectivity index (χ0) is 15.8. The molecule has 1 aromatic rings. The normalized spacial score (nSPS) is 15.0. The number of guanidine groups is 1. The van der Waals surface area contributed by atoms with Crippen molar-refractivity contribution in [2.45, 2.75) is 66.0 Å². The smallest absolute Gasteiger partial charge is 0.191 e. The molecule has 0 saturated heterocycles. The maximum Gasteiger partial charge on any atom is 0.191 e. The van der Waals surface area contributed by atoms with Gasteiger partial charge in [0, 0.05) is 26.1 Å². The lowest BCUT2D eigenvalue weighted by Gasteiger charge is -2.17. The van der Waals surface area contributed by atoms with Crippen LogP contribution in [0.3, 0.4) is 0 Å². The number of fused-ring (bicyclic) bond motifs is 1. The molecule has 0 spiro atoms. The van der Waals surface area contributed by atoms with Crippen molar-refractivity contribution < 1.29 is 0 Å². The van der Waals surface area contributed by atoms with E-state index in [4.69, 9.17) is 0 Å². The van der Waals surface area contributed by atoms with Crippen molar-refractivity contribution in [1.29, 1.82) is 0 Å². The van der Waals surface area contributed by atoms with Gasteiger partial charge in [0.2, 0.25) is 0 Å². The molecular formula is C16H30N6. The number of hydrogen-bond donors (Lipinski definition) is 2. The van der Waals surface area contributed by atoms with E-state index in [1.54, 1.807) is 0 Å². The van der Waals surface area contributed by atoms with Crippen LogP contribution in [-0.2, 0) is 19.5 Å². The lowest BCUT2D eigenvalue weighted by molar-refractivity contribution is 0.481. The maximum absolute atomic E-state index is 4.68. The summed E-state index contributed by atoms with van der Waals surface area (Å²) in [5.74, 6) is 3.67. The number of hydrogen-bond acceptors (Lipinski definition) is 3. The summed E-state index contributed by atoms with van der Waals surface area (Å²) in [4.78, 5) is 4.68. The molecule has 0 amide bonds. The van der Waals surface area contributed by atoms with Gasteiger partial charge in [-0.3, -0.25) is 0 Å². The van der Waals surface area contributed by atoms with Crippen LogP contribution in [0.1, 0.15) is 58.1 Å². The molecule has 0 saturated carbocycles. The second kappa shape index (κ2) is 8.76. The van der Waals surface area contributed by atoms with Crippen molar-refractivity contribution in [3.05, 3.63) is 11.6 Å². The van der Waals surface area contributed by atoms with E-state index in [9.17, 15) is 0 Å². The second-order valence-corrected chi connectivity index (χ2v) is 5.90. The van der Waals surface area contributed by atoms with Gasteiger partial charge in [0.05, 0.1) is 0 Å². The molecule has 0 radical (unpaired) electrons. The lowest BCUT2D eigenvalue weighted by Crippen LogP contribution is -2.39. The fourth-order valence-electron chi connectivity index (χ4n) is 2.80. The number of aromatic nitrogens is 3. The number of nitrogens with zero attached hydrogens (tertiary/aromatic N) is 4. The summed E-state index contributed by atoms with van der Waals surface area (Å²) in [6.45, 7) is 10.0. The van der Waals surface area contributed by atoms with Gasteiger partial charge in [-0.1, -0.05) is 26.7 Å². The summed E-state index contributed by atoms with van der Waals surface area (Å²) in [6.07, 6.45) is 5.88. The molecule has 2 heterocycles. The molecule has 0 unspecified atom stereocenters. The van der Waals surface area contributed by atoms with Crippen LogP contribution in [0, 0.1) is 5.92 Å². The first kappa shape index (κ1) is 16.8. The van der Waals surface area contributed by atoms with Crippen molar-refractivity contribution in [3.63, 3.8) is 0 Å². The summed E-state index contributed by atoms with van der Waals surface area (Å²) in [5, 5.41) is 15.3. The van der Waals surface area contributed by atoms with Gasteiger partial charge in [0.1, 0.15) is 12.4 Å². The standard InChI is InChI=1S/C16H30N6/c1-4-13(5-2)11-18-16(17-6-3)19-12-15-21-20-14-9-7-8-10-22(14)15/h13H,4-12H2,1-3H3,(H2,17,18,19). The van der Waals surface area contributed by atoms with Gasteiger partial charge in [-0.25, -0.2) is 4.99 Å². The summed E-state index contributed by atoms with van der Waals surface area (Å²) in [5.41, 5.74) is 0. The highest BCUT2D eigenvalue weighted by Gasteiger charge is 2.15. The Kier molecular flexibility index (Phi) is 6.68. The Balaban J connectivity index is 1.96. The van der Waals surface area contributed by atoms with Crippen LogP contribution in [0.2, 0.25) is 0 Å². The third kappa shape index (κ3) is 4.45. The molecular weight excluding hydrogens is 276 g/mol. The van der Waals surface area contributed by atoms with Gasteiger partial charge < -0.3 is 15.2 Å². The molecule has 1 aliphatic heterocycles. The van der Waals surface area contributed by atoms with E-state index in [1.807, 2.05) is 0 Å². The third-order valence-corrected chi connectivity index (χ3v) is 4.37. The van der Waals surface area contributed by atoms with Gasteiger partial charge in [-0.15, -0.1) is 10.2 Å². The van der Waals surface area contributed by atoms with Gasteiger partial charge in [0.25, 0.3) is 0 Å². The quantitative estimate of drug-likeness (QED) is 0.598. The van der Waals surface area contributed by atoms with E-state index in [-0.39, 0.29) is 0 Å². The Morgan fingerprint density at radius 1 is 1.18 bits per heavy atom. The maximum atomic E-state index is 4.68. The molecule has 2 rings (SSSR count). The highest BCUT2D eigenvalue weighted by atomic mass is 15.3. The minimum Gasteiger partial charge on any atom is -0.357 e. The first-order valence-corrected chi connectivity index (χ1v) is 8.71. The summed E-state index contributed by atoms with van der Waals surface area (Å²) in [6, 6.07) is 0. The van der Waals surface area contributed by atoms with Gasteiger partial charge in [-0.05, 0) is 25.7 Å². The van der Waals surface area contributed by atoms with Crippen LogP contribution in [0.4, 0.5) is 0 Å². The zero-order valence-electron chi connectivity index (χ0n) is 14.2. The Morgan fingerprint density at radius 2 is 2.00 bits per heavy atom. The predicted molar refractivity (Wildman–Crippen MR) is 89.9 cm³/mol. The Morgan fingerprint density at radius 3 is 2.73 bits per heavy atom. The minimum absolute atomic E-state index is 0.589. The second-order valence-electron chi connectivity index (χ2n) is 5.90. The molecule has 22 heavy (non-hydrogen) atoms. The average Bonchev–Trinajstić information content (AvgIpc) is 2.96. The highest BCUT2D eigenvalue weighted by Crippen LogP contribution is 2.14. The molecule has 6 nitrogen and oxygen atoms in total. The van der Waals surface area contributed by atoms with Crippen LogP contribution in [0.25, 0.3) is 0 Å². The van der Waals surface area contributed by atoms with Gasteiger partial charge in [0.15, 0.2) is 11.8 Å². The Hall–Kier alpha value is -1.59. The van der Waals surface area contributed by atoms with Crippen molar-refractivity contribution in [3.8, 4) is 0 Å². The van der Waals surface area contributed by atoms with Crippen molar-refractivity contribution >= 4 is 5.96 Å². The van der Waals surface area contributed by atoms with E-state index >= 15 is 0 Å². The first-order valence-electron chi connectivity index (χ1n) is 8.71. The van der Waals surface area contributed by atoms with Crippen LogP contribution in [-0.4, -0.2) is 33.8 Å². The lowest BCUT2D eigenvalue weighted by atomic mass is 10.0. The van der Waals surface area contributed by atoms with E-state index in [0.717, 1.165) is 43.7 Å². The largest absolute Gasteiger partial charge is 0.357 e. The predicted octanol–water partition coefficient (Wildman–Crippen LogP) is 2.11. The monoisotopic (exact) mass is 306 g/mol. The third-order valence-electron chi connectivity index (χ3n) is 4.37. The molecule has 0 aliphatic carbocycles. The van der Waals surface area contributed by atoms with Crippen molar-refractivity contribution in [2.75, 3.05) is 13.1 Å². The highest BCUT2D eigenvalue weighted by molar-refractivity contribution is 5.79. The van der Waals surface area contributed by atoms with E-state index < -0.39 is 0 Å². The molecule has 1 aliphatic rings. The molecule has 0 bridgehead atoms. The first-order chi connectivity index (χ1) is 10.8. The molecule has 0 aromatic carbocycles. The van der Waals surface area contributed by atoms with Crippen LogP contribution in [0.15, 0.2) is 4.99 Å². The minimum atomic E-state index is 0.589. The molecule has 1 aromatic heterocycles. The fourth-order valence-corrected chi connectivity index (χ4v) is 2.80. The summed E-state index contributed by atoms with van der Waals surface area (Å²) in [7, 11) is 0. The molecule has 124 valence electrons. The van der Waals surface area contributed by atoms with E-state index in [0.29, 0.717) is 12.5 Å². The molecule has 6 heteroatoms. The summed E-state index contributed by atoms with van der Waals surface area (Å²) >= 11 is 0. The van der Waals surface area contributed by atoms with Crippen molar-refractivity contribution in [1.82, 2.24) is 25.4 Å². The van der Waals surface area contributed by atoms with Crippen LogP contribution < -0.4 is 10.6 Å². The zero-order valence-corrected chi connectivity index (χ0v) is 14.2. The van der Waals surface area contributed by atoms with E-state index in [1.165, 1.54) is 25.7 Å². The average molecular weight is 306 g/mol. The van der Waals surface area contributed by atoms with Gasteiger partial charge in [-0.2, -0.15) is 0 Å².